The molecule has 0 saturated carbocycles. The van der Waals surface area contributed by atoms with Crippen LogP contribution in [-0.4, -0.2) is 68.0 Å². The highest BCUT2D eigenvalue weighted by Crippen LogP contribution is 2.22. The fourth-order valence-corrected chi connectivity index (χ4v) is 5.82. The van der Waals surface area contributed by atoms with Crippen LogP contribution in [0.2, 0.25) is 0 Å². The van der Waals surface area contributed by atoms with Crippen molar-refractivity contribution in [1.29, 1.82) is 0 Å². The van der Waals surface area contributed by atoms with E-state index in [1.165, 1.54) is 4.31 Å². The van der Waals surface area contributed by atoms with Gasteiger partial charge in [0.2, 0.25) is 15.9 Å². The Morgan fingerprint density at radius 2 is 1.61 bits per heavy atom. The molecule has 1 heterocycles. The van der Waals surface area contributed by atoms with Crippen LogP contribution in [0.5, 0.6) is 0 Å². The van der Waals surface area contributed by atoms with Gasteiger partial charge in [0.05, 0.1) is 29.2 Å². The van der Waals surface area contributed by atoms with Gasteiger partial charge in [0.15, 0.2) is 0 Å². The molecule has 1 aliphatic heterocycles. The van der Waals surface area contributed by atoms with Gasteiger partial charge in [-0.15, -0.1) is 0 Å². The summed E-state index contributed by atoms with van der Waals surface area (Å²) in [7, 11) is -3.49. The van der Waals surface area contributed by atoms with Gasteiger partial charge >= 0.3 is 0 Å². The van der Waals surface area contributed by atoms with Crippen molar-refractivity contribution in [1.82, 2.24) is 14.5 Å². The summed E-state index contributed by atoms with van der Waals surface area (Å²) in [6, 6.07) is 6.34. The molecule has 4 atom stereocenters. The highest BCUT2D eigenvalue weighted by Gasteiger charge is 2.34. The molecule has 4 unspecified atom stereocenters. The Morgan fingerprint density at radius 3 is 2.06 bits per heavy atom. The zero-order valence-corrected chi connectivity index (χ0v) is 20.8. The third-order valence-electron chi connectivity index (χ3n) is 5.82. The summed E-state index contributed by atoms with van der Waals surface area (Å²) in [6.45, 7) is 16.1. The van der Waals surface area contributed by atoms with Crippen LogP contribution >= 0.6 is 0 Å². The van der Waals surface area contributed by atoms with E-state index in [0.29, 0.717) is 13.1 Å². The fourth-order valence-electron chi connectivity index (χ4n) is 4.36. The van der Waals surface area contributed by atoms with Crippen LogP contribution in [0.15, 0.2) is 29.2 Å². The zero-order valence-electron chi connectivity index (χ0n) is 20.0. The number of hydrogen-bond donors (Lipinski definition) is 1. The van der Waals surface area contributed by atoms with Gasteiger partial charge in [-0.05, 0) is 44.4 Å². The van der Waals surface area contributed by atoms with E-state index in [1.807, 2.05) is 34.6 Å². The van der Waals surface area contributed by atoms with Gasteiger partial charge in [-0.1, -0.05) is 39.8 Å². The van der Waals surface area contributed by atoms with Crippen molar-refractivity contribution in [3.63, 3.8) is 0 Å². The number of rotatable bonds is 9. The molecule has 0 aromatic heterocycles. The van der Waals surface area contributed by atoms with Gasteiger partial charge in [-0.3, -0.25) is 9.69 Å². The first-order valence-electron chi connectivity index (χ1n) is 11.3. The number of carbonyl (C=O) groups excluding carboxylic acids is 1. The fraction of sp³-hybridized carbons (Fsp3) is 0.696. The first-order chi connectivity index (χ1) is 14.5. The second-order valence-electron chi connectivity index (χ2n) is 8.79. The summed E-state index contributed by atoms with van der Waals surface area (Å²) < 4.78 is 32.6. The maximum Gasteiger partial charge on any atom is 0.243 e. The van der Waals surface area contributed by atoms with Gasteiger partial charge in [-0.2, -0.15) is 4.31 Å². The topological polar surface area (TPSA) is 79.0 Å². The lowest BCUT2D eigenvalue weighted by Crippen LogP contribution is -2.57. The smallest absolute Gasteiger partial charge is 0.243 e. The minimum Gasteiger partial charge on any atom is -0.373 e. The van der Waals surface area contributed by atoms with Crippen molar-refractivity contribution in [2.24, 2.45) is 5.92 Å². The van der Waals surface area contributed by atoms with Crippen molar-refractivity contribution < 1.29 is 17.9 Å². The number of amides is 1. The van der Waals surface area contributed by atoms with Crippen LogP contribution in [0.4, 0.5) is 0 Å². The minimum absolute atomic E-state index is 0.0105. The molecule has 176 valence electrons. The Labute approximate surface area is 188 Å². The predicted octanol–water partition coefficient (Wildman–Crippen LogP) is 3.03. The minimum atomic E-state index is -3.49. The molecule has 1 aromatic rings. The average molecular weight is 454 g/mol. The summed E-state index contributed by atoms with van der Waals surface area (Å²) in [4.78, 5) is 15.7. The molecule has 1 saturated heterocycles. The number of hydrogen-bond acceptors (Lipinski definition) is 5. The van der Waals surface area contributed by atoms with E-state index in [1.54, 1.807) is 24.3 Å². The Kier molecular flexibility index (Phi) is 9.06. The molecule has 0 spiro atoms. The molecular weight excluding hydrogens is 414 g/mol. The molecule has 0 radical (unpaired) electrons. The second kappa shape index (κ2) is 10.9. The predicted molar refractivity (Wildman–Crippen MR) is 123 cm³/mol. The molecule has 1 amide bonds. The molecule has 0 bridgehead atoms. The standard InChI is InChI=1S/C23H39N3O4S/c1-8-26(9-2)31(28,29)21-12-10-20(11-13-21)19(7)24-23(27)22(16(3)4)25-14-17(5)30-18(6)15-25/h10-13,16-19,22H,8-9,14-15H2,1-7H3,(H,24,27). The van der Waals surface area contributed by atoms with Gasteiger partial charge in [0.25, 0.3) is 0 Å². The van der Waals surface area contributed by atoms with Gasteiger partial charge < -0.3 is 10.1 Å². The molecule has 1 N–H and O–H groups in total. The van der Waals surface area contributed by atoms with E-state index in [9.17, 15) is 13.2 Å². The van der Waals surface area contributed by atoms with E-state index in [-0.39, 0.29) is 41.0 Å². The molecule has 0 aliphatic carbocycles. The van der Waals surface area contributed by atoms with Crippen molar-refractivity contribution >= 4 is 15.9 Å². The summed E-state index contributed by atoms with van der Waals surface area (Å²) in [5, 5.41) is 3.13. The SMILES string of the molecule is CCN(CC)S(=O)(=O)c1ccc(C(C)NC(=O)C(C(C)C)N2CC(C)OC(C)C2)cc1. The number of ether oxygens (including phenoxy) is 1. The lowest BCUT2D eigenvalue weighted by Gasteiger charge is -2.41. The molecular formula is C23H39N3O4S. The molecule has 31 heavy (non-hydrogen) atoms. The number of nitrogens with one attached hydrogen (secondary N) is 1. The molecule has 7 nitrogen and oxygen atoms in total. The summed E-state index contributed by atoms with van der Waals surface area (Å²) in [6.07, 6.45) is 0.186. The normalized spacial score (nSPS) is 22.5. The molecule has 1 aliphatic rings. The molecule has 8 heteroatoms. The van der Waals surface area contributed by atoms with E-state index < -0.39 is 10.0 Å². The van der Waals surface area contributed by atoms with Crippen LogP contribution in [0, 0.1) is 5.92 Å². The van der Waals surface area contributed by atoms with Gasteiger partial charge in [0.1, 0.15) is 0 Å². The van der Waals surface area contributed by atoms with E-state index in [4.69, 9.17) is 4.74 Å². The van der Waals surface area contributed by atoms with Crippen LogP contribution < -0.4 is 5.32 Å². The summed E-state index contributed by atoms with van der Waals surface area (Å²) in [5.74, 6) is 0.148. The lowest BCUT2D eigenvalue weighted by atomic mass is 9.98. The highest BCUT2D eigenvalue weighted by molar-refractivity contribution is 7.89. The molecule has 2 rings (SSSR count). The highest BCUT2D eigenvalue weighted by atomic mass is 32.2. The zero-order chi connectivity index (χ0) is 23.3. The van der Waals surface area contributed by atoms with E-state index >= 15 is 0 Å². The Morgan fingerprint density at radius 1 is 1.10 bits per heavy atom. The largest absolute Gasteiger partial charge is 0.373 e. The first-order valence-corrected chi connectivity index (χ1v) is 12.7. The van der Waals surface area contributed by atoms with Crippen molar-refractivity contribution in [3.05, 3.63) is 29.8 Å². The maximum absolute atomic E-state index is 13.2. The second-order valence-corrected chi connectivity index (χ2v) is 10.7. The van der Waals surface area contributed by atoms with Crippen molar-refractivity contribution in [2.45, 2.75) is 77.7 Å². The lowest BCUT2D eigenvalue weighted by molar-refractivity contribution is -0.136. The molecule has 1 aromatic carbocycles. The third-order valence-corrected chi connectivity index (χ3v) is 7.89. The Balaban J connectivity index is 2.12. The average Bonchev–Trinajstić information content (AvgIpc) is 2.67. The summed E-state index contributed by atoms with van der Waals surface area (Å²) >= 11 is 0. The van der Waals surface area contributed by atoms with E-state index in [2.05, 4.69) is 24.1 Å². The monoisotopic (exact) mass is 453 g/mol. The molecule has 1 fully saturated rings. The van der Waals surface area contributed by atoms with Gasteiger partial charge in [0, 0.05) is 26.2 Å². The summed E-state index contributed by atoms with van der Waals surface area (Å²) in [5.41, 5.74) is 0.873. The maximum atomic E-state index is 13.2. The number of morpholine rings is 1. The van der Waals surface area contributed by atoms with Crippen molar-refractivity contribution in [3.8, 4) is 0 Å². The quantitative estimate of drug-likeness (QED) is 0.622. The van der Waals surface area contributed by atoms with Gasteiger partial charge in [-0.25, -0.2) is 8.42 Å². The first kappa shape index (κ1) is 25.8. The number of benzene rings is 1. The van der Waals surface area contributed by atoms with Crippen LogP contribution in [0.3, 0.4) is 0 Å². The number of nitrogens with zero attached hydrogens (tertiary/aromatic N) is 2. The number of carbonyl (C=O) groups is 1. The third kappa shape index (κ3) is 6.28. The Hall–Kier alpha value is -1.48. The number of sulfonamides is 1. The van der Waals surface area contributed by atoms with Crippen LogP contribution in [0.1, 0.15) is 60.1 Å². The van der Waals surface area contributed by atoms with Crippen LogP contribution in [-0.2, 0) is 19.6 Å². The van der Waals surface area contributed by atoms with E-state index in [0.717, 1.165) is 18.7 Å². The van der Waals surface area contributed by atoms with Crippen LogP contribution in [0.25, 0.3) is 0 Å². The Bertz CT molecular complexity index is 812. The van der Waals surface area contributed by atoms with Crippen molar-refractivity contribution in [2.75, 3.05) is 26.2 Å².